The van der Waals surface area contributed by atoms with E-state index >= 15 is 0 Å². The highest BCUT2D eigenvalue weighted by atomic mass is 32.2. The highest BCUT2D eigenvalue weighted by Gasteiger charge is 2.41. The molecule has 166 valence electrons. The number of benzene rings is 2. The minimum Gasteiger partial charge on any atom is -0.497 e. The summed E-state index contributed by atoms with van der Waals surface area (Å²) in [6.45, 7) is 2.21. The summed E-state index contributed by atoms with van der Waals surface area (Å²) in [5.74, 6) is 2.81. The van der Waals surface area contributed by atoms with Gasteiger partial charge in [-0.2, -0.15) is 0 Å². The maximum atomic E-state index is 13.2. The molecule has 2 aromatic carbocycles. The quantitative estimate of drug-likeness (QED) is 0.439. The van der Waals surface area contributed by atoms with Crippen molar-refractivity contribution in [2.75, 3.05) is 12.9 Å². The predicted octanol–water partition coefficient (Wildman–Crippen LogP) is 4.82. The van der Waals surface area contributed by atoms with Crippen LogP contribution in [0.15, 0.2) is 59.8 Å². The monoisotopic (exact) mass is 448 g/mol. The summed E-state index contributed by atoms with van der Waals surface area (Å²) in [5.41, 5.74) is 1.92. The summed E-state index contributed by atoms with van der Waals surface area (Å²) in [5, 5.41) is 9.67. The van der Waals surface area contributed by atoms with Gasteiger partial charge in [0.25, 0.3) is 0 Å². The summed E-state index contributed by atoms with van der Waals surface area (Å²) in [4.78, 5) is 15.4. The van der Waals surface area contributed by atoms with E-state index in [1.807, 2.05) is 59.2 Å². The van der Waals surface area contributed by atoms with Crippen molar-refractivity contribution in [1.29, 1.82) is 0 Å². The van der Waals surface area contributed by atoms with Crippen LogP contribution in [0, 0.1) is 5.92 Å². The highest BCUT2D eigenvalue weighted by molar-refractivity contribution is 7.99. The topological polar surface area (TPSA) is 60.2 Å². The molecular weight excluding hydrogens is 420 g/mol. The number of carbonyl (C=O) groups is 1. The minimum absolute atomic E-state index is 0.211. The Balaban J connectivity index is 1.41. The molecule has 1 atom stereocenters. The lowest BCUT2D eigenvalue weighted by atomic mass is 10.2. The number of hydrogen-bond acceptors (Lipinski definition) is 5. The van der Waals surface area contributed by atoms with Gasteiger partial charge in [-0.1, -0.05) is 42.1 Å². The molecule has 2 fully saturated rings. The molecule has 2 aliphatic carbocycles. The van der Waals surface area contributed by atoms with Crippen LogP contribution in [-0.2, 0) is 4.79 Å². The minimum atomic E-state index is 0.211. The second kappa shape index (κ2) is 8.98. The molecule has 1 unspecified atom stereocenters. The van der Waals surface area contributed by atoms with Gasteiger partial charge >= 0.3 is 0 Å². The van der Waals surface area contributed by atoms with Gasteiger partial charge < -0.3 is 9.64 Å². The summed E-state index contributed by atoms with van der Waals surface area (Å²) in [7, 11) is 1.66. The van der Waals surface area contributed by atoms with Crippen LogP contribution < -0.4 is 4.74 Å². The van der Waals surface area contributed by atoms with Crippen molar-refractivity contribution >= 4 is 17.7 Å². The molecule has 0 radical (unpaired) electrons. The number of hydrogen-bond donors (Lipinski definition) is 0. The predicted molar refractivity (Wildman–Crippen MR) is 126 cm³/mol. The number of rotatable bonds is 9. The van der Waals surface area contributed by atoms with Gasteiger partial charge in [0.2, 0.25) is 5.91 Å². The zero-order valence-electron chi connectivity index (χ0n) is 18.5. The van der Waals surface area contributed by atoms with E-state index in [4.69, 9.17) is 4.74 Å². The molecule has 5 rings (SSSR count). The second-order valence-electron chi connectivity index (χ2n) is 8.60. The highest BCUT2D eigenvalue weighted by Crippen LogP contribution is 2.40. The van der Waals surface area contributed by atoms with Crippen molar-refractivity contribution < 1.29 is 9.53 Å². The largest absolute Gasteiger partial charge is 0.497 e. The van der Waals surface area contributed by atoms with Gasteiger partial charge in [-0.25, -0.2) is 0 Å². The second-order valence-corrected chi connectivity index (χ2v) is 9.55. The van der Waals surface area contributed by atoms with Crippen molar-refractivity contribution in [3.63, 3.8) is 0 Å². The zero-order valence-corrected chi connectivity index (χ0v) is 19.3. The van der Waals surface area contributed by atoms with Crippen molar-refractivity contribution in [2.24, 2.45) is 5.92 Å². The Bertz CT molecular complexity index is 1080. The van der Waals surface area contributed by atoms with Crippen LogP contribution in [0.1, 0.15) is 32.6 Å². The zero-order chi connectivity index (χ0) is 22.1. The maximum Gasteiger partial charge on any atom is 0.233 e. The van der Waals surface area contributed by atoms with Crippen LogP contribution >= 0.6 is 11.8 Å². The number of aromatic nitrogens is 3. The number of amides is 1. The molecule has 0 spiro atoms. The number of thioether (sulfide) groups is 1. The van der Waals surface area contributed by atoms with Crippen LogP contribution in [0.2, 0.25) is 0 Å². The summed E-state index contributed by atoms with van der Waals surface area (Å²) in [6.07, 6.45) is 4.76. The van der Waals surface area contributed by atoms with E-state index in [1.165, 1.54) is 24.6 Å². The van der Waals surface area contributed by atoms with Crippen LogP contribution in [0.4, 0.5) is 0 Å². The molecule has 1 amide bonds. The van der Waals surface area contributed by atoms with Crippen molar-refractivity contribution in [1.82, 2.24) is 19.7 Å². The van der Waals surface area contributed by atoms with Gasteiger partial charge in [0, 0.05) is 23.3 Å². The Morgan fingerprint density at radius 2 is 1.81 bits per heavy atom. The SMILES string of the molecule is COc1ccc(-n2c(SCC(=O)N(C3CC3)C(C)C3CC3)nnc2-c2ccccc2)cc1. The smallest absolute Gasteiger partial charge is 0.233 e. The molecule has 2 saturated carbocycles. The first-order chi connectivity index (χ1) is 15.7. The van der Waals surface area contributed by atoms with E-state index in [2.05, 4.69) is 22.0 Å². The third-order valence-corrected chi connectivity index (χ3v) is 7.21. The van der Waals surface area contributed by atoms with Gasteiger partial charge in [-0.15, -0.1) is 10.2 Å². The Kier molecular flexibility index (Phi) is 5.91. The van der Waals surface area contributed by atoms with Crippen molar-refractivity contribution in [2.45, 2.75) is 49.8 Å². The lowest BCUT2D eigenvalue weighted by Gasteiger charge is -2.29. The first-order valence-electron chi connectivity index (χ1n) is 11.2. The van der Waals surface area contributed by atoms with E-state index in [9.17, 15) is 4.79 Å². The number of carbonyl (C=O) groups excluding carboxylic acids is 1. The molecule has 2 aliphatic rings. The van der Waals surface area contributed by atoms with E-state index < -0.39 is 0 Å². The molecule has 3 aromatic rings. The summed E-state index contributed by atoms with van der Waals surface area (Å²) >= 11 is 1.47. The Hall–Kier alpha value is -2.80. The number of methoxy groups -OCH3 is 1. The van der Waals surface area contributed by atoms with Crippen LogP contribution in [0.25, 0.3) is 17.1 Å². The average molecular weight is 449 g/mol. The third kappa shape index (κ3) is 4.39. The number of ether oxygens (including phenoxy) is 1. The van der Waals surface area contributed by atoms with Crippen molar-refractivity contribution in [3.05, 3.63) is 54.6 Å². The van der Waals surface area contributed by atoms with Gasteiger partial charge in [0.1, 0.15) is 5.75 Å². The summed E-state index contributed by atoms with van der Waals surface area (Å²) in [6, 6.07) is 18.6. The number of nitrogens with zero attached hydrogens (tertiary/aromatic N) is 4. The van der Waals surface area contributed by atoms with Crippen molar-refractivity contribution in [3.8, 4) is 22.8 Å². The van der Waals surface area contributed by atoms with E-state index in [1.54, 1.807) is 7.11 Å². The average Bonchev–Trinajstić information content (AvgIpc) is 3.76. The lowest BCUT2D eigenvalue weighted by Crippen LogP contribution is -2.42. The molecule has 1 heterocycles. The Morgan fingerprint density at radius 1 is 1.09 bits per heavy atom. The molecule has 0 N–H and O–H groups in total. The standard InChI is InChI=1S/C25H28N4O2S/c1-17(18-8-9-18)28(20-10-11-20)23(30)16-32-25-27-26-24(19-6-4-3-5-7-19)29(25)21-12-14-22(31-2)15-13-21/h3-7,12-15,17-18,20H,8-11,16H2,1-2H3. The fraction of sp³-hybridized carbons (Fsp3) is 0.400. The Labute approximate surface area is 193 Å². The first-order valence-corrected chi connectivity index (χ1v) is 12.2. The third-order valence-electron chi connectivity index (χ3n) is 6.29. The van der Waals surface area contributed by atoms with Crippen LogP contribution in [-0.4, -0.2) is 50.5 Å². The Morgan fingerprint density at radius 3 is 2.44 bits per heavy atom. The molecule has 32 heavy (non-hydrogen) atoms. The molecule has 0 aliphatic heterocycles. The summed E-state index contributed by atoms with van der Waals surface area (Å²) < 4.78 is 7.34. The maximum absolute atomic E-state index is 13.2. The van der Waals surface area contributed by atoms with E-state index in [0.29, 0.717) is 23.8 Å². The van der Waals surface area contributed by atoms with E-state index in [-0.39, 0.29) is 5.91 Å². The normalized spacial score (nSPS) is 16.6. The van der Waals surface area contributed by atoms with Gasteiger partial charge in [-0.3, -0.25) is 9.36 Å². The molecule has 0 saturated heterocycles. The van der Waals surface area contributed by atoms with E-state index in [0.717, 1.165) is 40.8 Å². The van der Waals surface area contributed by atoms with Gasteiger partial charge in [0.05, 0.1) is 12.9 Å². The van der Waals surface area contributed by atoms with Gasteiger partial charge in [-0.05, 0) is 62.8 Å². The lowest BCUT2D eigenvalue weighted by molar-refractivity contribution is -0.131. The van der Waals surface area contributed by atoms with Crippen LogP contribution in [0.5, 0.6) is 5.75 Å². The molecule has 6 nitrogen and oxygen atoms in total. The van der Waals surface area contributed by atoms with Crippen LogP contribution in [0.3, 0.4) is 0 Å². The molecule has 0 bridgehead atoms. The fourth-order valence-corrected chi connectivity index (χ4v) is 5.05. The molecule has 1 aromatic heterocycles. The molecular formula is C25H28N4O2S. The fourth-order valence-electron chi connectivity index (χ4n) is 4.22. The van der Waals surface area contributed by atoms with Gasteiger partial charge in [0.15, 0.2) is 11.0 Å². The molecule has 7 heteroatoms. The first kappa shape index (κ1) is 21.1.